The van der Waals surface area contributed by atoms with Gasteiger partial charge in [-0.3, -0.25) is 14.9 Å². The predicted octanol–water partition coefficient (Wildman–Crippen LogP) is 3.11. The van der Waals surface area contributed by atoms with Crippen LogP contribution in [-0.2, 0) is 9.53 Å². The molecule has 0 aliphatic heterocycles. The molecule has 9 heteroatoms. The highest BCUT2D eigenvalue weighted by molar-refractivity contribution is 5.98. The maximum atomic E-state index is 12.2. The summed E-state index contributed by atoms with van der Waals surface area (Å²) in [6.45, 7) is 2.65. The Balaban J connectivity index is 1.74. The van der Waals surface area contributed by atoms with Gasteiger partial charge in [-0.2, -0.15) is 0 Å². The molecule has 3 rings (SSSR count). The summed E-state index contributed by atoms with van der Waals surface area (Å²) < 4.78 is 9.94. The van der Waals surface area contributed by atoms with Crippen molar-refractivity contribution in [3.05, 3.63) is 79.7 Å². The van der Waals surface area contributed by atoms with E-state index >= 15 is 0 Å². The second-order valence-electron chi connectivity index (χ2n) is 6.27. The molecule has 0 bridgehead atoms. The quantitative estimate of drug-likeness (QED) is 0.304. The molecule has 1 amide bonds. The number of benzene rings is 2. The number of carbonyl (C=O) groups excluding carboxylic acids is 2. The number of carbonyl (C=O) groups is 2. The van der Waals surface area contributed by atoms with Crippen molar-refractivity contribution in [3.8, 4) is 0 Å². The maximum absolute atomic E-state index is 12.2. The van der Waals surface area contributed by atoms with E-state index in [1.807, 2.05) is 0 Å². The van der Waals surface area contributed by atoms with E-state index in [0.29, 0.717) is 16.5 Å². The summed E-state index contributed by atoms with van der Waals surface area (Å²) in [5.41, 5.74) is 0.0949. The Labute approximate surface area is 164 Å². The Morgan fingerprint density at radius 1 is 1.17 bits per heavy atom. The lowest BCUT2D eigenvalue weighted by atomic mass is 10.1. The first kappa shape index (κ1) is 19.7. The Morgan fingerprint density at radius 2 is 1.90 bits per heavy atom. The minimum atomic E-state index is -1.03. The summed E-state index contributed by atoms with van der Waals surface area (Å²) in [7, 11) is 0. The molecule has 29 heavy (non-hydrogen) atoms. The van der Waals surface area contributed by atoms with Crippen molar-refractivity contribution in [3.63, 3.8) is 0 Å². The predicted molar refractivity (Wildman–Crippen MR) is 104 cm³/mol. The van der Waals surface area contributed by atoms with Gasteiger partial charge in [-0.05, 0) is 37.1 Å². The van der Waals surface area contributed by atoms with E-state index in [0.717, 1.165) is 5.56 Å². The van der Waals surface area contributed by atoms with Gasteiger partial charge >= 0.3 is 11.6 Å². The number of nitrogens with one attached hydrogen (secondary N) is 1. The number of amides is 1. The van der Waals surface area contributed by atoms with Crippen LogP contribution in [0, 0.1) is 24.0 Å². The second-order valence-corrected chi connectivity index (χ2v) is 6.27. The van der Waals surface area contributed by atoms with Gasteiger partial charge in [0.1, 0.15) is 16.8 Å². The third-order valence-corrected chi connectivity index (χ3v) is 4.37. The molecule has 1 heterocycles. The number of aryl methyl sites for hydroxylation is 1. The number of para-hydroxylation sites is 1. The number of esters is 1. The van der Waals surface area contributed by atoms with Crippen LogP contribution in [0.5, 0.6) is 0 Å². The molecule has 0 atom stereocenters. The Morgan fingerprint density at radius 3 is 2.62 bits per heavy atom. The molecule has 0 fully saturated rings. The van der Waals surface area contributed by atoms with Gasteiger partial charge in [-0.15, -0.1) is 0 Å². The van der Waals surface area contributed by atoms with E-state index in [-0.39, 0.29) is 16.9 Å². The lowest BCUT2D eigenvalue weighted by Gasteiger charge is -2.11. The van der Waals surface area contributed by atoms with Crippen molar-refractivity contribution in [2.75, 3.05) is 11.9 Å². The molecule has 2 aromatic carbocycles. The average molecular weight is 396 g/mol. The largest absolute Gasteiger partial charge is 0.452 e. The van der Waals surface area contributed by atoms with Gasteiger partial charge in [0.15, 0.2) is 6.61 Å². The monoisotopic (exact) mass is 396 g/mol. The number of nitro benzene ring substituents is 1. The standard InChI is InChI=1S/C20H16N2O7/c1-11-7-8-15(22(26)27)18(12(11)2)21-17(23)10-28-19(24)14-9-13-5-3-4-6-16(13)29-20(14)25/h3-9H,10H2,1-2H3,(H,21,23). The lowest BCUT2D eigenvalue weighted by molar-refractivity contribution is -0.384. The van der Waals surface area contributed by atoms with Gasteiger partial charge in [0.25, 0.3) is 11.6 Å². The van der Waals surface area contributed by atoms with E-state index in [9.17, 15) is 24.5 Å². The first-order chi connectivity index (χ1) is 13.8. The van der Waals surface area contributed by atoms with Crippen molar-refractivity contribution in [1.29, 1.82) is 0 Å². The first-order valence-corrected chi connectivity index (χ1v) is 8.52. The zero-order valence-corrected chi connectivity index (χ0v) is 15.6. The molecule has 0 spiro atoms. The van der Waals surface area contributed by atoms with Gasteiger partial charge < -0.3 is 14.5 Å². The highest BCUT2D eigenvalue weighted by atomic mass is 16.6. The van der Waals surface area contributed by atoms with Gasteiger partial charge in [0, 0.05) is 11.5 Å². The highest BCUT2D eigenvalue weighted by Gasteiger charge is 2.21. The van der Waals surface area contributed by atoms with Crippen LogP contribution in [0.4, 0.5) is 11.4 Å². The zero-order valence-electron chi connectivity index (χ0n) is 15.6. The number of hydrogen-bond donors (Lipinski definition) is 1. The third kappa shape index (κ3) is 4.13. The van der Waals surface area contributed by atoms with E-state index in [2.05, 4.69) is 5.32 Å². The van der Waals surface area contributed by atoms with Crippen LogP contribution >= 0.6 is 0 Å². The number of nitro groups is 1. The molecule has 0 aliphatic carbocycles. The van der Waals surface area contributed by atoms with Crippen LogP contribution in [0.2, 0.25) is 0 Å². The number of anilines is 1. The Kier molecular flexibility index (Phi) is 5.40. The summed E-state index contributed by atoms with van der Waals surface area (Å²) in [5, 5.41) is 14.1. The number of fused-ring (bicyclic) bond motifs is 1. The third-order valence-electron chi connectivity index (χ3n) is 4.37. The van der Waals surface area contributed by atoms with Crippen molar-refractivity contribution in [2.24, 2.45) is 0 Å². The average Bonchev–Trinajstić information content (AvgIpc) is 2.69. The molecule has 3 aromatic rings. The molecule has 1 N–H and O–H groups in total. The van der Waals surface area contributed by atoms with Crippen LogP contribution in [0.3, 0.4) is 0 Å². The minimum absolute atomic E-state index is 0.0290. The van der Waals surface area contributed by atoms with Crippen LogP contribution in [-0.4, -0.2) is 23.4 Å². The van der Waals surface area contributed by atoms with Crippen molar-refractivity contribution >= 4 is 34.2 Å². The summed E-state index contributed by atoms with van der Waals surface area (Å²) in [4.78, 5) is 46.9. The van der Waals surface area contributed by atoms with E-state index in [4.69, 9.17) is 9.15 Å². The SMILES string of the molecule is Cc1ccc([N+](=O)[O-])c(NC(=O)COC(=O)c2cc3ccccc3oc2=O)c1C. The van der Waals surface area contributed by atoms with Gasteiger partial charge in [0.2, 0.25) is 0 Å². The second kappa shape index (κ2) is 7.93. The zero-order chi connectivity index (χ0) is 21.1. The normalized spacial score (nSPS) is 10.6. The molecule has 0 radical (unpaired) electrons. The first-order valence-electron chi connectivity index (χ1n) is 8.52. The topological polar surface area (TPSA) is 129 Å². The Bertz CT molecular complexity index is 1200. The molecule has 0 aliphatic rings. The van der Waals surface area contributed by atoms with Crippen molar-refractivity contribution in [2.45, 2.75) is 13.8 Å². The molecule has 0 unspecified atom stereocenters. The number of hydrogen-bond acceptors (Lipinski definition) is 7. The van der Waals surface area contributed by atoms with E-state index in [1.54, 1.807) is 44.2 Å². The van der Waals surface area contributed by atoms with Crippen molar-refractivity contribution in [1.82, 2.24) is 0 Å². The van der Waals surface area contributed by atoms with Crippen molar-refractivity contribution < 1.29 is 23.7 Å². The summed E-state index contributed by atoms with van der Waals surface area (Å²) in [6.07, 6.45) is 0. The van der Waals surface area contributed by atoms with Gasteiger partial charge in [0.05, 0.1) is 4.92 Å². The number of ether oxygens (including phenoxy) is 1. The fourth-order valence-corrected chi connectivity index (χ4v) is 2.70. The molecule has 0 saturated carbocycles. The fourth-order valence-electron chi connectivity index (χ4n) is 2.70. The van der Waals surface area contributed by atoms with E-state index in [1.165, 1.54) is 12.1 Å². The maximum Gasteiger partial charge on any atom is 0.351 e. The van der Waals surface area contributed by atoms with Gasteiger partial charge in [-0.25, -0.2) is 9.59 Å². The molecule has 9 nitrogen and oxygen atoms in total. The minimum Gasteiger partial charge on any atom is -0.452 e. The van der Waals surface area contributed by atoms with Crippen LogP contribution < -0.4 is 10.9 Å². The molecule has 1 aromatic heterocycles. The molecular weight excluding hydrogens is 380 g/mol. The highest BCUT2D eigenvalue weighted by Crippen LogP contribution is 2.30. The fraction of sp³-hybridized carbons (Fsp3) is 0.150. The molecule has 148 valence electrons. The van der Waals surface area contributed by atoms with Crippen LogP contribution in [0.15, 0.2) is 51.7 Å². The summed E-state index contributed by atoms with van der Waals surface area (Å²) in [6, 6.07) is 10.8. The summed E-state index contributed by atoms with van der Waals surface area (Å²) in [5.74, 6) is -1.81. The van der Waals surface area contributed by atoms with Gasteiger partial charge in [-0.1, -0.05) is 24.3 Å². The van der Waals surface area contributed by atoms with Crippen LogP contribution in [0.1, 0.15) is 21.5 Å². The lowest BCUT2D eigenvalue weighted by Crippen LogP contribution is -2.24. The van der Waals surface area contributed by atoms with E-state index < -0.39 is 29.0 Å². The number of nitrogens with zero attached hydrogens (tertiary/aromatic N) is 1. The molecule has 0 saturated heterocycles. The Hall–Kier alpha value is -4.01. The molecular formula is C20H16N2O7. The number of rotatable bonds is 5. The van der Waals surface area contributed by atoms with Crippen LogP contribution in [0.25, 0.3) is 11.0 Å². The smallest absolute Gasteiger partial charge is 0.351 e. The summed E-state index contributed by atoms with van der Waals surface area (Å²) >= 11 is 0.